The summed E-state index contributed by atoms with van der Waals surface area (Å²) in [6.45, 7) is 9.52. The molecule has 262 valence electrons. The maximum absolute atomic E-state index is 13.9. The predicted octanol–water partition coefficient (Wildman–Crippen LogP) is 6.11. The van der Waals surface area contributed by atoms with Crippen LogP contribution in [0.15, 0.2) is 139 Å². The topological polar surface area (TPSA) is 142 Å². The van der Waals surface area contributed by atoms with E-state index in [4.69, 9.17) is 9.47 Å². The maximum Gasteiger partial charge on any atom is 0.338 e. The Hall–Kier alpha value is -5.35. The average Bonchev–Trinajstić information content (AvgIpc) is 3.15. The first-order chi connectivity index (χ1) is 24.3. The van der Waals surface area contributed by atoms with E-state index < -0.39 is 59.3 Å². The van der Waals surface area contributed by atoms with Crippen LogP contribution in [0.2, 0.25) is 0 Å². The van der Waals surface area contributed by atoms with E-state index in [0.29, 0.717) is 33.4 Å². The van der Waals surface area contributed by atoms with Crippen LogP contribution in [-0.2, 0) is 14.3 Å². The van der Waals surface area contributed by atoms with Gasteiger partial charge in [0, 0.05) is 23.0 Å². The first-order valence-electron chi connectivity index (χ1n) is 16.8. The van der Waals surface area contributed by atoms with Gasteiger partial charge in [-0.1, -0.05) is 111 Å². The number of ether oxygens (including phenoxy) is 2. The van der Waals surface area contributed by atoms with E-state index in [1.807, 2.05) is 0 Å². The van der Waals surface area contributed by atoms with Gasteiger partial charge in [-0.2, -0.15) is 0 Å². The fourth-order valence-electron chi connectivity index (χ4n) is 7.44. The van der Waals surface area contributed by atoms with Crippen molar-refractivity contribution in [3.05, 3.63) is 166 Å². The van der Waals surface area contributed by atoms with Gasteiger partial charge in [0.05, 0.1) is 11.6 Å². The van der Waals surface area contributed by atoms with E-state index in [9.17, 15) is 29.7 Å². The van der Waals surface area contributed by atoms with Crippen molar-refractivity contribution >= 4 is 17.8 Å². The number of carbonyl (C=O) groups is 3. The molecule has 0 aliphatic heterocycles. The summed E-state index contributed by atoms with van der Waals surface area (Å²) in [5.41, 5.74) is -0.00292. The van der Waals surface area contributed by atoms with E-state index in [1.165, 1.54) is 0 Å². The monoisotopic (exact) mass is 687 g/mol. The summed E-state index contributed by atoms with van der Waals surface area (Å²) in [7, 11) is 0. The second-order valence-corrected chi connectivity index (χ2v) is 13.6. The van der Waals surface area contributed by atoms with Crippen LogP contribution in [0.1, 0.15) is 82.8 Å². The Bertz CT molecular complexity index is 1970. The number of rotatable bonds is 8. The van der Waals surface area contributed by atoms with Gasteiger partial charge in [-0.25, -0.2) is 9.59 Å². The molecule has 2 aliphatic carbocycles. The maximum atomic E-state index is 13.9. The van der Waals surface area contributed by atoms with Crippen molar-refractivity contribution in [3.63, 3.8) is 0 Å². The minimum Gasteiger partial charge on any atom is -0.456 e. The zero-order valence-corrected chi connectivity index (χ0v) is 28.7. The number of amides is 1. The quantitative estimate of drug-likeness (QED) is 0.163. The van der Waals surface area contributed by atoms with E-state index in [-0.39, 0.29) is 17.6 Å². The molecule has 6 rings (SSSR count). The molecule has 0 heterocycles. The molecule has 6 atom stereocenters. The van der Waals surface area contributed by atoms with Gasteiger partial charge in [-0.15, -0.1) is 0 Å². The van der Waals surface area contributed by atoms with Crippen LogP contribution < -0.4 is 5.32 Å². The third kappa shape index (κ3) is 6.52. The molecule has 0 aromatic heterocycles. The van der Waals surface area contributed by atoms with Crippen molar-refractivity contribution in [3.8, 4) is 0 Å². The highest BCUT2D eigenvalue weighted by Crippen LogP contribution is 2.59. The van der Waals surface area contributed by atoms with Crippen LogP contribution in [0.4, 0.5) is 0 Å². The van der Waals surface area contributed by atoms with E-state index in [2.05, 4.69) is 11.9 Å². The highest BCUT2D eigenvalue weighted by molar-refractivity contribution is 5.95. The Kier molecular flexibility index (Phi) is 9.81. The highest BCUT2D eigenvalue weighted by atomic mass is 16.6. The fourth-order valence-corrected chi connectivity index (χ4v) is 7.44. The van der Waals surface area contributed by atoms with Crippen LogP contribution in [0.3, 0.4) is 0 Å². The molecule has 0 radical (unpaired) electrons. The van der Waals surface area contributed by atoms with Crippen molar-refractivity contribution in [2.75, 3.05) is 0 Å². The lowest BCUT2D eigenvalue weighted by molar-refractivity contribution is -0.183. The lowest BCUT2D eigenvalue weighted by atomic mass is 9.55. The van der Waals surface area contributed by atoms with Gasteiger partial charge in [0.1, 0.15) is 17.8 Å². The Morgan fingerprint density at radius 3 is 1.94 bits per heavy atom. The van der Waals surface area contributed by atoms with Gasteiger partial charge in [0.2, 0.25) is 0 Å². The van der Waals surface area contributed by atoms with Crippen molar-refractivity contribution in [1.29, 1.82) is 0 Å². The summed E-state index contributed by atoms with van der Waals surface area (Å²) in [4.78, 5) is 40.8. The molecule has 51 heavy (non-hydrogen) atoms. The molecule has 4 aromatic rings. The van der Waals surface area contributed by atoms with Crippen LogP contribution in [-0.4, -0.2) is 51.0 Å². The molecule has 4 aromatic carbocycles. The van der Waals surface area contributed by atoms with Gasteiger partial charge in [-0.3, -0.25) is 4.79 Å². The standard InChI is InChI=1S/C42H41NO8/c1-25-32(50-40(48)36(45)34(27-16-8-5-9-17-27)43-38(46)28-18-10-6-11-19-28)24-42(49)37(51-39(47)29-20-12-7-13-21-29)31-23-15-14-22-30(31)35(44)26(2)33(25)41(42,3)4/h5-23,32,34-37,44-45,49H,2,24H2,1,3-4H3,(H,43,46)/t32-,34-,35+,36+,37+,42-/m0/s1. The molecular weight excluding hydrogens is 646 g/mol. The number of nitrogens with one attached hydrogen (secondary N) is 1. The van der Waals surface area contributed by atoms with E-state index in [1.54, 1.807) is 136 Å². The lowest BCUT2D eigenvalue weighted by Crippen LogP contribution is -2.58. The number of carbonyl (C=O) groups excluding carboxylic acids is 3. The smallest absolute Gasteiger partial charge is 0.338 e. The molecule has 9 nitrogen and oxygen atoms in total. The van der Waals surface area contributed by atoms with Crippen molar-refractivity contribution < 1.29 is 39.2 Å². The molecule has 0 saturated carbocycles. The third-order valence-corrected chi connectivity index (χ3v) is 10.3. The molecular formula is C42H41NO8. The van der Waals surface area contributed by atoms with Crippen molar-refractivity contribution in [2.45, 2.75) is 63.3 Å². The first kappa shape index (κ1) is 35.5. The van der Waals surface area contributed by atoms with Gasteiger partial charge < -0.3 is 30.1 Å². The summed E-state index contributed by atoms with van der Waals surface area (Å²) in [5.74, 6) is -2.24. The minimum absolute atomic E-state index is 0.232. The molecule has 1 amide bonds. The SMILES string of the molecule is C=C1C2=C(C)[C@@H](OC(=O)[C@H](O)[C@@H](NC(=O)c3ccccc3)c3ccccc3)C[C@](O)([C@H](OC(=O)c3ccccc3)c3ccccc3[C@@H]1O)C2(C)C. The molecule has 4 N–H and O–H groups in total. The minimum atomic E-state index is -1.91. The third-order valence-electron chi connectivity index (χ3n) is 10.3. The van der Waals surface area contributed by atoms with Crippen LogP contribution in [0, 0.1) is 5.41 Å². The summed E-state index contributed by atoms with van der Waals surface area (Å²) in [6, 6.07) is 31.0. The Morgan fingerprint density at radius 1 is 0.804 bits per heavy atom. The van der Waals surface area contributed by atoms with Crippen molar-refractivity contribution in [2.24, 2.45) is 5.41 Å². The molecule has 0 spiro atoms. The number of hydrogen-bond acceptors (Lipinski definition) is 8. The van der Waals surface area contributed by atoms with Crippen LogP contribution >= 0.6 is 0 Å². The molecule has 9 heteroatoms. The van der Waals surface area contributed by atoms with Gasteiger partial charge in [0.25, 0.3) is 5.91 Å². The first-order valence-corrected chi connectivity index (χ1v) is 16.8. The Balaban J connectivity index is 1.39. The summed E-state index contributed by atoms with van der Waals surface area (Å²) >= 11 is 0. The largest absolute Gasteiger partial charge is 0.456 e. The second-order valence-electron chi connectivity index (χ2n) is 13.6. The summed E-state index contributed by atoms with van der Waals surface area (Å²) < 4.78 is 12.2. The second kappa shape index (κ2) is 14.1. The van der Waals surface area contributed by atoms with Gasteiger partial charge in [0.15, 0.2) is 12.2 Å². The fraction of sp³-hybridized carbons (Fsp3) is 0.262. The van der Waals surface area contributed by atoms with E-state index >= 15 is 0 Å². The molecule has 0 fully saturated rings. The number of esters is 2. The zero-order valence-electron chi connectivity index (χ0n) is 28.7. The highest BCUT2D eigenvalue weighted by Gasteiger charge is 2.61. The predicted molar refractivity (Wildman–Crippen MR) is 190 cm³/mol. The number of fused-ring (bicyclic) bond motifs is 3. The number of aliphatic hydroxyl groups is 3. The normalized spacial score (nSPS) is 23.5. The number of aliphatic hydroxyl groups excluding tert-OH is 2. The molecule has 2 aliphatic rings. The molecule has 0 saturated heterocycles. The Morgan fingerprint density at radius 2 is 1.33 bits per heavy atom. The van der Waals surface area contributed by atoms with Crippen molar-refractivity contribution in [1.82, 2.24) is 5.32 Å². The van der Waals surface area contributed by atoms with Gasteiger partial charge >= 0.3 is 11.9 Å². The van der Waals surface area contributed by atoms with E-state index in [0.717, 1.165) is 0 Å². The lowest BCUT2D eigenvalue weighted by Gasteiger charge is -2.55. The molecule has 0 unspecified atom stereocenters. The van der Waals surface area contributed by atoms with Gasteiger partial charge in [-0.05, 0) is 59.0 Å². The zero-order chi connectivity index (χ0) is 36.5. The molecule has 2 bridgehead atoms. The van der Waals surface area contributed by atoms with Crippen LogP contribution in [0.25, 0.3) is 0 Å². The average molecular weight is 688 g/mol. The van der Waals surface area contributed by atoms with Crippen LogP contribution in [0.5, 0.6) is 0 Å². The summed E-state index contributed by atoms with van der Waals surface area (Å²) in [6.07, 6.45) is -5.80. The number of benzene rings is 4. The Labute approximate surface area is 296 Å². The number of hydrogen-bond donors (Lipinski definition) is 4. The summed E-state index contributed by atoms with van der Waals surface area (Å²) in [5, 5.41) is 39.0.